The lowest BCUT2D eigenvalue weighted by atomic mass is 10.1. The number of hydrogen-bond donors (Lipinski definition) is 1. The number of rotatable bonds is 7. The van der Waals surface area contributed by atoms with Crippen LogP contribution in [-0.2, 0) is 9.59 Å². The molecule has 0 radical (unpaired) electrons. The number of nitrogens with zero attached hydrogens (tertiary/aromatic N) is 2. The maximum atomic E-state index is 12.6. The van der Waals surface area contributed by atoms with E-state index in [9.17, 15) is 9.59 Å². The van der Waals surface area contributed by atoms with Crippen LogP contribution in [0.25, 0.3) is 0 Å². The van der Waals surface area contributed by atoms with Crippen LogP contribution in [0.1, 0.15) is 17.9 Å². The lowest BCUT2D eigenvalue weighted by Gasteiger charge is -2.23. The molecule has 0 unspecified atom stereocenters. The summed E-state index contributed by atoms with van der Waals surface area (Å²) >= 11 is 12.1. The summed E-state index contributed by atoms with van der Waals surface area (Å²) in [5, 5.41) is 10.1. The first-order valence-electron chi connectivity index (χ1n) is 7.40. The molecule has 126 valence electrons. The fraction of sp³-hybridized carbons (Fsp3) is 0.500. The van der Waals surface area contributed by atoms with Gasteiger partial charge in [0.25, 0.3) is 0 Å². The van der Waals surface area contributed by atoms with Gasteiger partial charge in [-0.2, -0.15) is 0 Å². The second-order valence-electron chi connectivity index (χ2n) is 6.07. The van der Waals surface area contributed by atoms with Gasteiger partial charge >= 0.3 is 5.97 Å². The van der Waals surface area contributed by atoms with Crippen LogP contribution < -0.4 is 0 Å². The first-order valence-corrected chi connectivity index (χ1v) is 8.15. The van der Waals surface area contributed by atoms with E-state index in [4.69, 9.17) is 28.3 Å². The average Bonchev–Trinajstić information content (AvgIpc) is 3.22. The molecule has 7 heteroatoms. The summed E-state index contributed by atoms with van der Waals surface area (Å²) in [4.78, 5) is 26.9. The van der Waals surface area contributed by atoms with Gasteiger partial charge < -0.3 is 14.9 Å². The smallest absolute Gasteiger partial charge is 0.323 e. The lowest BCUT2D eigenvalue weighted by Crippen LogP contribution is -2.41. The Morgan fingerprint density at radius 3 is 2.52 bits per heavy atom. The molecular weight excluding hydrogens is 339 g/mol. The molecule has 1 fully saturated rings. The minimum absolute atomic E-state index is 0.0444. The molecule has 0 spiro atoms. The number of hydrogen-bond acceptors (Lipinski definition) is 3. The zero-order chi connectivity index (χ0) is 17.1. The Labute approximate surface area is 145 Å². The van der Waals surface area contributed by atoms with Crippen LogP contribution >= 0.6 is 23.2 Å². The highest BCUT2D eigenvalue weighted by atomic mass is 35.5. The van der Waals surface area contributed by atoms with Gasteiger partial charge in [-0.05, 0) is 44.1 Å². The molecule has 0 bridgehead atoms. The predicted molar refractivity (Wildman–Crippen MR) is 90.1 cm³/mol. The highest BCUT2D eigenvalue weighted by molar-refractivity contribution is 6.35. The second kappa shape index (κ2) is 7.51. The Hall–Kier alpha value is -1.30. The van der Waals surface area contributed by atoms with E-state index in [0.29, 0.717) is 29.6 Å². The molecule has 2 rings (SSSR count). The summed E-state index contributed by atoms with van der Waals surface area (Å²) in [7, 11) is 3.77. The summed E-state index contributed by atoms with van der Waals surface area (Å²) in [6, 6.07) is 5.26. The quantitative estimate of drug-likeness (QED) is 0.813. The number of aliphatic carboxylic acids is 1. The standard InChI is InChI=1S/C16H20Cl2N2O3/c1-19(2)5-6-20(9-15(21)22)16(23)13-8-12(13)11-4-3-10(17)7-14(11)18/h3-4,7,12-13H,5-6,8-9H2,1-2H3,(H,21,22)/t12-,13+/m1/s1. The summed E-state index contributed by atoms with van der Waals surface area (Å²) < 4.78 is 0. The van der Waals surface area contributed by atoms with Gasteiger partial charge in [-0.15, -0.1) is 0 Å². The van der Waals surface area contributed by atoms with Gasteiger partial charge in [0.1, 0.15) is 6.54 Å². The summed E-state index contributed by atoms with van der Waals surface area (Å²) in [6.07, 6.45) is 0.693. The van der Waals surface area contributed by atoms with Gasteiger partial charge in [-0.25, -0.2) is 0 Å². The lowest BCUT2D eigenvalue weighted by molar-refractivity contribution is -0.145. The Kier molecular flexibility index (Phi) is 5.89. The molecule has 1 amide bonds. The third-order valence-corrected chi connectivity index (χ3v) is 4.49. The van der Waals surface area contributed by atoms with Crippen LogP contribution in [0.3, 0.4) is 0 Å². The normalized spacial score (nSPS) is 19.7. The number of benzene rings is 1. The van der Waals surface area contributed by atoms with Crippen LogP contribution in [0.5, 0.6) is 0 Å². The van der Waals surface area contributed by atoms with Gasteiger partial charge in [0.15, 0.2) is 0 Å². The molecule has 1 aliphatic carbocycles. The zero-order valence-electron chi connectivity index (χ0n) is 13.1. The first-order chi connectivity index (χ1) is 10.8. The van der Waals surface area contributed by atoms with Gasteiger partial charge in [0.05, 0.1) is 0 Å². The van der Waals surface area contributed by atoms with Gasteiger partial charge in [0, 0.05) is 29.1 Å². The number of carbonyl (C=O) groups excluding carboxylic acids is 1. The van der Waals surface area contributed by atoms with Crippen molar-refractivity contribution in [3.63, 3.8) is 0 Å². The van der Waals surface area contributed by atoms with Gasteiger partial charge in [0.2, 0.25) is 5.91 Å². The molecule has 0 aromatic heterocycles. The van der Waals surface area contributed by atoms with Crippen molar-refractivity contribution in [3.8, 4) is 0 Å². The van der Waals surface area contributed by atoms with Crippen molar-refractivity contribution in [3.05, 3.63) is 33.8 Å². The summed E-state index contributed by atoms with van der Waals surface area (Å²) in [6.45, 7) is 0.748. The maximum absolute atomic E-state index is 12.6. The molecule has 23 heavy (non-hydrogen) atoms. The van der Waals surface area contributed by atoms with Crippen LogP contribution in [-0.4, -0.2) is 60.5 Å². The fourth-order valence-electron chi connectivity index (χ4n) is 2.60. The first kappa shape index (κ1) is 18.0. The van der Waals surface area contributed by atoms with Crippen molar-refractivity contribution < 1.29 is 14.7 Å². The average molecular weight is 359 g/mol. The Bertz CT molecular complexity index is 607. The molecule has 1 aromatic rings. The predicted octanol–water partition coefficient (Wildman–Crippen LogP) is 2.57. The third kappa shape index (κ3) is 4.83. The molecule has 0 heterocycles. The number of likely N-dealkylation sites (N-methyl/N-ethyl adjacent to an activating group) is 1. The highest BCUT2D eigenvalue weighted by Gasteiger charge is 2.46. The zero-order valence-corrected chi connectivity index (χ0v) is 14.6. The van der Waals surface area contributed by atoms with E-state index in [1.54, 1.807) is 12.1 Å². The molecule has 2 atom stereocenters. The number of amides is 1. The van der Waals surface area contributed by atoms with E-state index in [2.05, 4.69) is 0 Å². The van der Waals surface area contributed by atoms with Crippen molar-refractivity contribution in [1.82, 2.24) is 9.80 Å². The Morgan fingerprint density at radius 1 is 1.26 bits per heavy atom. The summed E-state index contributed by atoms with van der Waals surface area (Å²) in [5.41, 5.74) is 0.900. The molecule has 1 aliphatic rings. The number of carboxylic acids is 1. The number of halogens is 2. The Balaban J connectivity index is 2.05. The van der Waals surface area contributed by atoms with E-state index in [1.807, 2.05) is 25.1 Å². The van der Waals surface area contributed by atoms with Crippen molar-refractivity contribution in [2.75, 3.05) is 33.7 Å². The van der Waals surface area contributed by atoms with E-state index >= 15 is 0 Å². The van der Waals surface area contributed by atoms with Gasteiger partial charge in [-0.3, -0.25) is 9.59 Å². The van der Waals surface area contributed by atoms with E-state index < -0.39 is 5.97 Å². The van der Waals surface area contributed by atoms with Crippen molar-refractivity contribution in [2.45, 2.75) is 12.3 Å². The minimum Gasteiger partial charge on any atom is -0.480 e. The molecule has 1 saturated carbocycles. The molecule has 0 aliphatic heterocycles. The minimum atomic E-state index is -1.00. The number of carboxylic acid groups (broad SMARTS) is 1. The SMILES string of the molecule is CN(C)CCN(CC(=O)O)C(=O)[C@H]1C[C@@H]1c1ccc(Cl)cc1Cl. The fourth-order valence-corrected chi connectivity index (χ4v) is 3.15. The van der Waals surface area contributed by atoms with E-state index in [1.165, 1.54) is 4.90 Å². The highest BCUT2D eigenvalue weighted by Crippen LogP contribution is 2.50. The molecule has 5 nitrogen and oxygen atoms in total. The molecule has 1 N–H and O–H groups in total. The van der Waals surface area contributed by atoms with Gasteiger partial charge in [-0.1, -0.05) is 29.3 Å². The topological polar surface area (TPSA) is 60.9 Å². The largest absolute Gasteiger partial charge is 0.480 e. The van der Waals surface area contributed by atoms with E-state index in [0.717, 1.165) is 5.56 Å². The van der Waals surface area contributed by atoms with Crippen LogP contribution in [0.2, 0.25) is 10.0 Å². The summed E-state index contributed by atoms with van der Waals surface area (Å²) in [5.74, 6) is -1.28. The number of carbonyl (C=O) groups is 2. The van der Waals surface area contributed by atoms with Crippen molar-refractivity contribution in [1.29, 1.82) is 0 Å². The monoisotopic (exact) mass is 358 g/mol. The molecule has 0 saturated heterocycles. The van der Waals surface area contributed by atoms with Crippen molar-refractivity contribution >= 4 is 35.1 Å². The molecule has 1 aromatic carbocycles. The van der Waals surface area contributed by atoms with Crippen LogP contribution in [0.4, 0.5) is 0 Å². The molecular formula is C16H20Cl2N2O3. The van der Waals surface area contributed by atoms with E-state index in [-0.39, 0.29) is 24.3 Å². The second-order valence-corrected chi connectivity index (χ2v) is 6.91. The van der Waals surface area contributed by atoms with Crippen LogP contribution in [0.15, 0.2) is 18.2 Å². The third-order valence-electron chi connectivity index (χ3n) is 3.92. The Morgan fingerprint density at radius 2 is 1.96 bits per heavy atom. The van der Waals surface area contributed by atoms with Crippen molar-refractivity contribution in [2.24, 2.45) is 5.92 Å². The maximum Gasteiger partial charge on any atom is 0.323 e. The van der Waals surface area contributed by atoms with Crippen LogP contribution in [0, 0.1) is 5.92 Å².